The van der Waals surface area contributed by atoms with E-state index in [1.54, 1.807) is 0 Å². The van der Waals surface area contributed by atoms with Crippen LogP contribution in [0.2, 0.25) is 0 Å². The van der Waals surface area contributed by atoms with Crippen molar-refractivity contribution in [2.75, 3.05) is 39.5 Å². The maximum absolute atomic E-state index is 12.2. The fourth-order valence-corrected chi connectivity index (χ4v) is 1.54. The van der Waals surface area contributed by atoms with Crippen LogP contribution in [-0.4, -0.2) is 132 Å². The fraction of sp³-hybridized carbons (Fsp3) is 0.750. The van der Waals surface area contributed by atoms with Crippen LogP contribution in [0, 0.1) is 0 Å². The molecule has 0 aliphatic carbocycles. The summed E-state index contributed by atoms with van der Waals surface area (Å²) in [5.74, 6) is -3.36. The molecule has 0 aliphatic rings. The quantitative estimate of drug-likeness (QED) is 0.0896. The molecule has 0 heterocycles. The van der Waals surface area contributed by atoms with Gasteiger partial charge in [-0.25, -0.2) is 4.79 Å². The number of carbonyl (C=O) groups excluding carboxylic acids is 2. The van der Waals surface area contributed by atoms with Crippen molar-refractivity contribution < 1.29 is 38.9 Å². The van der Waals surface area contributed by atoms with Crippen LogP contribution < -0.4 is 16.9 Å². The third kappa shape index (κ3) is 13.1. The number of aliphatic hydroxyl groups excluding tert-OH is 1. The summed E-state index contributed by atoms with van der Waals surface area (Å²) in [6, 6.07) is 0. The van der Waals surface area contributed by atoms with Gasteiger partial charge in [-0.15, -0.1) is 0 Å². The summed E-state index contributed by atoms with van der Waals surface area (Å²) < 4.78 is 9.55. The fourth-order valence-electron chi connectivity index (χ4n) is 1.54. The van der Waals surface area contributed by atoms with E-state index in [1.165, 1.54) is 0 Å². The molecular weight excluding hydrogens is 360 g/mol. The van der Waals surface area contributed by atoms with E-state index in [0.29, 0.717) is 0 Å². The Morgan fingerprint density at radius 3 is 2.04 bits per heavy atom. The number of nitrogens with one attached hydrogen (secondary N) is 1. The zero-order chi connectivity index (χ0) is 17.7. The number of aliphatic hydroxyl groups is 1. The van der Waals surface area contributed by atoms with Gasteiger partial charge in [0.15, 0.2) is 0 Å². The molecule has 0 fully saturated rings. The Hall–Kier alpha value is 0.210. The second-order valence-electron chi connectivity index (χ2n) is 4.40. The molecule has 1 atom stereocenters. The van der Waals surface area contributed by atoms with Crippen molar-refractivity contribution in [2.45, 2.75) is 18.4 Å². The molecule has 0 aromatic heterocycles. The Bertz CT molecular complexity index is 403. The first-order valence-corrected chi connectivity index (χ1v) is 6.88. The van der Waals surface area contributed by atoms with Crippen LogP contribution in [0.3, 0.4) is 0 Å². The van der Waals surface area contributed by atoms with E-state index in [9.17, 15) is 14.4 Å². The number of carbonyl (C=O) groups is 3. The van der Waals surface area contributed by atoms with Crippen molar-refractivity contribution >= 4 is 77.0 Å². The number of carboxylic acids is 1. The van der Waals surface area contributed by atoms with E-state index in [4.69, 9.17) is 36.0 Å². The van der Waals surface area contributed by atoms with Crippen LogP contribution >= 0.6 is 0 Å². The zero-order valence-corrected chi connectivity index (χ0v) is 12.7. The molecule has 1 unspecified atom stereocenters. The van der Waals surface area contributed by atoms with Gasteiger partial charge in [0.05, 0.1) is 19.4 Å². The van der Waals surface area contributed by atoms with Gasteiger partial charge in [-0.2, -0.15) is 5.48 Å². The number of hydroxylamine groups is 1. The van der Waals surface area contributed by atoms with Crippen molar-refractivity contribution in [3.05, 3.63) is 0 Å². The summed E-state index contributed by atoms with van der Waals surface area (Å²) in [5, 5.41) is 17.7. The molecule has 7 N–H and O–H groups in total. The van der Waals surface area contributed by atoms with Crippen LogP contribution in [0.1, 0.15) is 12.8 Å². The molecule has 0 saturated heterocycles. The minimum atomic E-state index is -2.15. The first-order chi connectivity index (χ1) is 10.9. The molecule has 0 aromatic carbocycles. The van der Waals surface area contributed by atoms with E-state index in [1.807, 2.05) is 0 Å². The molecule has 138 valence electrons. The predicted molar refractivity (Wildman–Crippen MR) is 90.1 cm³/mol. The molecule has 0 bridgehead atoms. The zero-order valence-electron chi connectivity index (χ0n) is 12.7. The van der Waals surface area contributed by atoms with E-state index < -0.39 is 36.4 Å². The molecular formula is C12H25N3Na2O8. The molecule has 13 heteroatoms. The SMILES string of the molecule is NCCOC(=O)CC(CC(=O)O)(ONCCO)C(=O)OCCN.[NaH].[NaH]. The normalized spacial score (nSPS) is 12.1. The Labute approximate surface area is 189 Å². The number of hydrogen-bond acceptors (Lipinski definition) is 10. The molecule has 25 heavy (non-hydrogen) atoms. The molecule has 0 rings (SSSR count). The standard InChI is InChI=1S/C12H23N3O8.2Na.2H/c13-1-5-21-10(19)8-12(7-9(17)18,23-15-3-4-16)11(20)22-6-2-14;;;;/h15-16H,1-8,13-14H2,(H,17,18);;;;. The Kier molecular flexibility index (Phi) is 21.1. The first kappa shape index (κ1) is 30.0. The van der Waals surface area contributed by atoms with Crippen LogP contribution in [0.5, 0.6) is 0 Å². The van der Waals surface area contributed by atoms with Crippen LogP contribution in [0.25, 0.3) is 0 Å². The molecule has 0 aliphatic heterocycles. The molecule has 0 spiro atoms. The van der Waals surface area contributed by atoms with Gasteiger partial charge in [0.25, 0.3) is 0 Å². The summed E-state index contributed by atoms with van der Waals surface area (Å²) in [6.07, 6.45) is -1.56. The average Bonchev–Trinajstić information content (AvgIpc) is 2.49. The van der Waals surface area contributed by atoms with E-state index in [-0.39, 0.29) is 98.6 Å². The van der Waals surface area contributed by atoms with Crippen molar-refractivity contribution in [1.29, 1.82) is 0 Å². The number of ether oxygens (including phenoxy) is 2. The molecule has 0 radical (unpaired) electrons. The number of aliphatic carboxylic acids is 1. The average molecular weight is 385 g/mol. The van der Waals surface area contributed by atoms with Crippen LogP contribution in [-0.2, 0) is 28.7 Å². The first-order valence-electron chi connectivity index (χ1n) is 6.88. The summed E-state index contributed by atoms with van der Waals surface area (Å²) in [6.45, 7) is -0.622. The van der Waals surface area contributed by atoms with Gasteiger partial charge in [0.1, 0.15) is 13.2 Å². The van der Waals surface area contributed by atoms with Crippen molar-refractivity contribution in [3.8, 4) is 0 Å². The number of nitrogens with two attached hydrogens (primary N) is 2. The van der Waals surface area contributed by atoms with E-state index in [2.05, 4.69) is 5.48 Å². The van der Waals surface area contributed by atoms with Gasteiger partial charge in [-0.3, -0.25) is 14.4 Å². The molecule has 0 saturated carbocycles. The van der Waals surface area contributed by atoms with Gasteiger partial charge in [0.2, 0.25) is 5.60 Å². The second-order valence-corrected chi connectivity index (χ2v) is 4.40. The number of carboxylic acid groups (broad SMARTS) is 1. The predicted octanol–water partition coefficient (Wildman–Crippen LogP) is -4.19. The summed E-state index contributed by atoms with van der Waals surface area (Å²) in [7, 11) is 0. The van der Waals surface area contributed by atoms with E-state index >= 15 is 0 Å². The summed E-state index contributed by atoms with van der Waals surface area (Å²) in [5.41, 5.74) is 10.5. The number of rotatable bonds is 13. The summed E-state index contributed by atoms with van der Waals surface area (Å²) >= 11 is 0. The van der Waals surface area contributed by atoms with Gasteiger partial charge in [-0.05, 0) is 0 Å². The Morgan fingerprint density at radius 2 is 1.56 bits per heavy atom. The summed E-state index contributed by atoms with van der Waals surface area (Å²) in [4.78, 5) is 40.0. The topological polar surface area (TPSA) is 183 Å². The number of esters is 2. The van der Waals surface area contributed by atoms with Crippen LogP contribution in [0.15, 0.2) is 0 Å². The molecule has 11 nitrogen and oxygen atoms in total. The number of hydrogen-bond donors (Lipinski definition) is 5. The Balaban J connectivity index is -0.00000242. The van der Waals surface area contributed by atoms with Gasteiger partial charge >= 0.3 is 77.0 Å². The van der Waals surface area contributed by atoms with Crippen molar-refractivity contribution in [2.24, 2.45) is 11.5 Å². The van der Waals surface area contributed by atoms with Crippen LogP contribution in [0.4, 0.5) is 0 Å². The molecule has 0 aromatic rings. The maximum atomic E-state index is 12.2. The Morgan fingerprint density at radius 1 is 1.00 bits per heavy atom. The van der Waals surface area contributed by atoms with Crippen molar-refractivity contribution in [3.63, 3.8) is 0 Å². The minimum absolute atomic E-state index is 0. The molecule has 0 amide bonds. The third-order valence-electron chi connectivity index (χ3n) is 2.45. The van der Waals surface area contributed by atoms with Gasteiger partial charge in [0, 0.05) is 19.6 Å². The monoisotopic (exact) mass is 385 g/mol. The van der Waals surface area contributed by atoms with Gasteiger partial charge < -0.3 is 31.2 Å². The second kappa shape index (κ2) is 17.6. The van der Waals surface area contributed by atoms with E-state index in [0.717, 1.165) is 0 Å². The van der Waals surface area contributed by atoms with Crippen molar-refractivity contribution in [1.82, 2.24) is 5.48 Å². The van der Waals surface area contributed by atoms with Gasteiger partial charge in [-0.1, -0.05) is 0 Å². The third-order valence-corrected chi connectivity index (χ3v) is 2.45.